The summed E-state index contributed by atoms with van der Waals surface area (Å²) in [7, 11) is 0. The van der Waals surface area contributed by atoms with Crippen molar-refractivity contribution in [3.63, 3.8) is 0 Å². The van der Waals surface area contributed by atoms with Crippen molar-refractivity contribution in [2.45, 2.75) is 39.0 Å². The second kappa shape index (κ2) is 8.63. The van der Waals surface area contributed by atoms with Gasteiger partial charge in [-0.15, -0.1) is 0 Å². The summed E-state index contributed by atoms with van der Waals surface area (Å²) in [6, 6.07) is 14.7. The fourth-order valence-electron chi connectivity index (χ4n) is 3.49. The number of rotatable bonds is 7. The lowest BCUT2D eigenvalue weighted by atomic mass is 10.1. The van der Waals surface area contributed by atoms with Crippen LogP contribution in [0, 0.1) is 12.7 Å². The number of hydrogen-bond acceptors (Lipinski definition) is 5. The SMILES string of the molecule is Cc1ccc(-c2noc(CN(Cc3cccc(F)c3)CC3CCCO3)n2)cc1. The minimum absolute atomic E-state index is 0.188. The first-order valence-electron chi connectivity index (χ1n) is 9.64. The zero-order valence-corrected chi connectivity index (χ0v) is 16.0. The Morgan fingerprint density at radius 2 is 2.00 bits per heavy atom. The first kappa shape index (κ1) is 18.8. The Morgan fingerprint density at radius 3 is 2.75 bits per heavy atom. The van der Waals surface area contributed by atoms with Crippen LogP contribution in [0.1, 0.15) is 29.9 Å². The van der Waals surface area contributed by atoms with E-state index in [2.05, 4.69) is 15.0 Å². The molecule has 0 saturated carbocycles. The number of aromatic nitrogens is 2. The van der Waals surface area contributed by atoms with Gasteiger partial charge in [0.25, 0.3) is 0 Å². The lowest BCUT2D eigenvalue weighted by Crippen LogP contribution is -2.31. The third kappa shape index (κ3) is 4.82. The molecule has 0 N–H and O–H groups in total. The smallest absolute Gasteiger partial charge is 0.241 e. The molecule has 1 aliphatic rings. The summed E-state index contributed by atoms with van der Waals surface area (Å²) in [5.74, 6) is 0.900. The molecule has 0 radical (unpaired) electrons. The normalized spacial score (nSPS) is 16.8. The second-order valence-corrected chi connectivity index (χ2v) is 7.31. The van der Waals surface area contributed by atoms with Gasteiger partial charge < -0.3 is 9.26 Å². The van der Waals surface area contributed by atoms with Crippen molar-refractivity contribution in [1.29, 1.82) is 0 Å². The van der Waals surface area contributed by atoms with Crippen molar-refractivity contribution >= 4 is 0 Å². The summed E-state index contributed by atoms with van der Waals surface area (Å²) in [6.45, 7) is 4.69. The number of halogens is 1. The van der Waals surface area contributed by atoms with E-state index >= 15 is 0 Å². The highest BCUT2D eigenvalue weighted by Gasteiger charge is 2.21. The predicted molar refractivity (Wildman–Crippen MR) is 104 cm³/mol. The largest absolute Gasteiger partial charge is 0.377 e. The molecular formula is C22H24FN3O2. The van der Waals surface area contributed by atoms with Crippen molar-refractivity contribution in [3.05, 3.63) is 71.4 Å². The van der Waals surface area contributed by atoms with E-state index in [1.165, 1.54) is 11.6 Å². The van der Waals surface area contributed by atoms with Crippen LogP contribution in [0.5, 0.6) is 0 Å². The lowest BCUT2D eigenvalue weighted by molar-refractivity contribution is 0.0640. The Hall–Kier alpha value is -2.57. The third-order valence-corrected chi connectivity index (χ3v) is 4.92. The molecule has 4 rings (SSSR count). The van der Waals surface area contributed by atoms with Gasteiger partial charge in [-0.3, -0.25) is 4.90 Å². The van der Waals surface area contributed by atoms with Gasteiger partial charge in [0, 0.05) is 25.3 Å². The van der Waals surface area contributed by atoms with E-state index in [-0.39, 0.29) is 11.9 Å². The highest BCUT2D eigenvalue weighted by molar-refractivity contribution is 5.54. The molecule has 1 aliphatic heterocycles. The van der Waals surface area contributed by atoms with Crippen molar-refractivity contribution < 1.29 is 13.7 Å². The zero-order valence-electron chi connectivity index (χ0n) is 16.0. The van der Waals surface area contributed by atoms with Crippen LogP contribution in [-0.2, 0) is 17.8 Å². The Bertz CT molecular complexity index is 904. The fourth-order valence-corrected chi connectivity index (χ4v) is 3.49. The Labute approximate surface area is 164 Å². The Kier molecular flexibility index (Phi) is 5.78. The van der Waals surface area contributed by atoms with Gasteiger partial charge in [0.15, 0.2) is 0 Å². The third-order valence-electron chi connectivity index (χ3n) is 4.92. The van der Waals surface area contributed by atoms with E-state index in [0.29, 0.717) is 24.8 Å². The van der Waals surface area contributed by atoms with Crippen molar-refractivity contribution in [2.24, 2.45) is 0 Å². The average Bonchev–Trinajstić information content (AvgIpc) is 3.35. The van der Waals surface area contributed by atoms with E-state index in [4.69, 9.17) is 9.26 Å². The summed E-state index contributed by atoms with van der Waals surface area (Å²) in [5, 5.41) is 4.12. The maximum atomic E-state index is 13.6. The highest BCUT2D eigenvalue weighted by atomic mass is 19.1. The van der Waals surface area contributed by atoms with Gasteiger partial charge in [0.2, 0.25) is 11.7 Å². The Balaban J connectivity index is 1.49. The summed E-state index contributed by atoms with van der Waals surface area (Å²) in [5.41, 5.74) is 3.03. The summed E-state index contributed by atoms with van der Waals surface area (Å²) < 4.78 is 24.9. The van der Waals surface area contributed by atoms with Crippen LogP contribution in [0.2, 0.25) is 0 Å². The first-order chi connectivity index (χ1) is 13.7. The van der Waals surface area contributed by atoms with Gasteiger partial charge in [0.1, 0.15) is 5.82 Å². The Morgan fingerprint density at radius 1 is 1.14 bits per heavy atom. The average molecular weight is 381 g/mol. The predicted octanol–water partition coefficient (Wildman–Crippen LogP) is 4.37. The molecule has 0 amide bonds. The number of ether oxygens (including phenoxy) is 1. The minimum atomic E-state index is -0.228. The van der Waals surface area contributed by atoms with Gasteiger partial charge in [0.05, 0.1) is 12.6 Å². The van der Waals surface area contributed by atoms with Crippen LogP contribution in [0.15, 0.2) is 53.1 Å². The molecule has 3 aromatic rings. The summed E-state index contributed by atoms with van der Waals surface area (Å²) in [4.78, 5) is 6.73. The molecule has 6 heteroatoms. The van der Waals surface area contributed by atoms with Crippen molar-refractivity contribution in [1.82, 2.24) is 15.0 Å². The zero-order chi connectivity index (χ0) is 19.3. The molecule has 28 heavy (non-hydrogen) atoms. The molecule has 2 heterocycles. The summed E-state index contributed by atoms with van der Waals surface area (Å²) in [6.07, 6.45) is 2.31. The molecule has 146 valence electrons. The van der Waals surface area contributed by atoms with Crippen LogP contribution < -0.4 is 0 Å². The maximum absolute atomic E-state index is 13.6. The second-order valence-electron chi connectivity index (χ2n) is 7.31. The highest BCUT2D eigenvalue weighted by Crippen LogP contribution is 2.20. The van der Waals surface area contributed by atoms with E-state index in [1.807, 2.05) is 37.3 Å². The molecule has 0 spiro atoms. The van der Waals surface area contributed by atoms with Crippen LogP contribution in [0.3, 0.4) is 0 Å². The van der Waals surface area contributed by atoms with E-state index < -0.39 is 0 Å². The van der Waals surface area contributed by atoms with Gasteiger partial charge in [-0.1, -0.05) is 47.1 Å². The quantitative estimate of drug-likeness (QED) is 0.608. The van der Waals surface area contributed by atoms with Crippen LogP contribution >= 0.6 is 0 Å². The molecular weight excluding hydrogens is 357 g/mol. The monoisotopic (exact) mass is 381 g/mol. The van der Waals surface area contributed by atoms with Gasteiger partial charge in [-0.05, 0) is 37.5 Å². The number of nitrogens with zero attached hydrogens (tertiary/aromatic N) is 3. The molecule has 1 aromatic heterocycles. The molecule has 1 atom stereocenters. The molecule has 1 saturated heterocycles. The molecule has 1 fully saturated rings. The fraction of sp³-hybridized carbons (Fsp3) is 0.364. The molecule has 1 unspecified atom stereocenters. The van der Waals surface area contributed by atoms with Gasteiger partial charge >= 0.3 is 0 Å². The van der Waals surface area contributed by atoms with E-state index in [0.717, 1.165) is 37.1 Å². The standard InChI is InChI=1S/C22H24FN3O2/c1-16-7-9-18(10-8-16)22-24-21(28-25-22)15-26(14-20-6-3-11-27-20)13-17-4-2-5-19(23)12-17/h2,4-5,7-10,12,20H,3,6,11,13-15H2,1H3. The number of benzene rings is 2. The topological polar surface area (TPSA) is 51.4 Å². The van der Waals surface area contributed by atoms with Crippen molar-refractivity contribution in [3.8, 4) is 11.4 Å². The minimum Gasteiger partial charge on any atom is -0.377 e. The summed E-state index contributed by atoms with van der Waals surface area (Å²) >= 11 is 0. The van der Waals surface area contributed by atoms with Crippen LogP contribution in [0.25, 0.3) is 11.4 Å². The van der Waals surface area contributed by atoms with Gasteiger partial charge in [-0.25, -0.2) is 4.39 Å². The lowest BCUT2D eigenvalue weighted by Gasteiger charge is -2.23. The van der Waals surface area contributed by atoms with Crippen LogP contribution in [0.4, 0.5) is 4.39 Å². The van der Waals surface area contributed by atoms with E-state index in [1.54, 1.807) is 12.1 Å². The number of hydrogen-bond donors (Lipinski definition) is 0. The van der Waals surface area contributed by atoms with E-state index in [9.17, 15) is 4.39 Å². The maximum Gasteiger partial charge on any atom is 0.241 e. The molecule has 0 bridgehead atoms. The van der Waals surface area contributed by atoms with Gasteiger partial charge in [-0.2, -0.15) is 4.98 Å². The van der Waals surface area contributed by atoms with Crippen molar-refractivity contribution in [2.75, 3.05) is 13.2 Å². The molecule has 5 nitrogen and oxygen atoms in total. The number of aryl methyl sites for hydroxylation is 1. The molecule has 0 aliphatic carbocycles. The van der Waals surface area contributed by atoms with Crippen LogP contribution in [-0.4, -0.2) is 34.3 Å². The first-order valence-corrected chi connectivity index (χ1v) is 9.64. The molecule has 2 aromatic carbocycles.